The van der Waals surface area contributed by atoms with Gasteiger partial charge in [0.05, 0.1) is 0 Å². The van der Waals surface area contributed by atoms with Crippen LogP contribution in [0.2, 0.25) is 5.02 Å². The highest BCUT2D eigenvalue weighted by Crippen LogP contribution is 2.28. The SMILES string of the molecule is O=C(C1CCN(c2nc(-c3ccc(Cl)cc3)no2)CC1)N1CCc2ccccc2C1. The van der Waals surface area contributed by atoms with Crippen LogP contribution in [0.25, 0.3) is 11.4 Å². The first-order valence-electron chi connectivity index (χ1n) is 10.4. The van der Waals surface area contributed by atoms with E-state index < -0.39 is 0 Å². The van der Waals surface area contributed by atoms with Crippen LogP contribution in [-0.2, 0) is 17.8 Å². The van der Waals surface area contributed by atoms with E-state index in [0.717, 1.165) is 51.0 Å². The first-order valence-corrected chi connectivity index (χ1v) is 10.8. The van der Waals surface area contributed by atoms with Crippen LogP contribution in [0, 0.1) is 5.92 Å². The van der Waals surface area contributed by atoms with E-state index in [1.165, 1.54) is 11.1 Å². The number of carbonyl (C=O) groups excluding carboxylic acids is 1. The number of aromatic nitrogens is 2. The molecule has 1 saturated heterocycles. The zero-order valence-electron chi connectivity index (χ0n) is 16.6. The summed E-state index contributed by atoms with van der Waals surface area (Å²) in [5.41, 5.74) is 3.50. The molecule has 0 unspecified atom stereocenters. The second-order valence-electron chi connectivity index (χ2n) is 7.95. The number of fused-ring (bicyclic) bond motifs is 1. The lowest BCUT2D eigenvalue weighted by molar-refractivity contribution is -0.137. The van der Waals surface area contributed by atoms with Crippen molar-refractivity contribution in [3.63, 3.8) is 0 Å². The molecule has 0 spiro atoms. The van der Waals surface area contributed by atoms with Crippen molar-refractivity contribution in [2.24, 2.45) is 5.92 Å². The van der Waals surface area contributed by atoms with Gasteiger partial charge < -0.3 is 14.3 Å². The van der Waals surface area contributed by atoms with E-state index in [9.17, 15) is 4.79 Å². The smallest absolute Gasteiger partial charge is 0.324 e. The Labute approximate surface area is 180 Å². The van der Waals surface area contributed by atoms with Crippen molar-refractivity contribution in [1.82, 2.24) is 15.0 Å². The normalized spacial score (nSPS) is 17.1. The molecule has 1 aromatic heterocycles. The predicted molar refractivity (Wildman–Crippen MR) is 115 cm³/mol. The molecule has 7 heteroatoms. The Hall–Kier alpha value is -2.86. The van der Waals surface area contributed by atoms with E-state index in [1.54, 1.807) is 0 Å². The molecule has 2 aliphatic heterocycles. The molecule has 0 N–H and O–H groups in total. The third-order valence-electron chi connectivity index (χ3n) is 6.07. The van der Waals surface area contributed by atoms with Crippen molar-refractivity contribution in [3.8, 4) is 11.4 Å². The average Bonchev–Trinajstić information content (AvgIpc) is 3.29. The van der Waals surface area contributed by atoms with Crippen LogP contribution in [0.4, 0.5) is 6.01 Å². The minimum Gasteiger partial charge on any atom is -0.338 e. The molecule has 30 heavy (non-hydrogen) atoms. The molecule has 5 rings (SSSR count). The number of rotatable bonds is 3. The van der Waals surface area contributed by atoms with Gasteiger partial charge >= 0.3 is 6.01 Å². The van der Waals surface area contributed by atoms with Gasteiger partial charge in [0.25, 0.3) is 0 Å². The van der Waals surface area contributed by atoms with E-state index in [0.29, 0.717) is 16.9 Å². The zero-order chi connectivity index (χ0) is 20.5. The van der Waals surface area contributed by atoms with E-state index in [-0.39, 0.29) is 11.8 Å². The van der Waals surface area contributed by atoms with Crippen molar-refractivity contribution in [1.29, 1.82) is 0 Å². The molecule has 1 amide bonds. The predicted octanol–water partition coefficient (Wildman–Crippen LogP) is 4.19. The van der Waals surface area contributed by atoms with Gasteiger partial charge in [-0.1, -0.05) is 41.0 Å². The Balaban J connectivity index is 1.20. The van der Waals surface area contributed by atoms with Gasteiger partial charge in [-0.25, -0.2) is 0 Å². The number of amides is 1. The summed E-state index contributed by atoms with van der Waals surface area (Å²) in [4.78, 5) is 21.7. The lowest BCUT2D eigenvalue weighted by Crippen LogP contribution is -2.44. The van der Waals surface area contributed by atoms with Crippen molar-refractivity contribution in [3.05, 3.63) is 64.7 Å². The second-order valence-corrected chi connectivity index (χ2v) is 8.38. The van der Waals surface area contributed by atoms with E-state index in [2.05, 4.69) is 33.2 Å². The first kappa shape index (κ1) is 19.1. The highest BCUT2D eigenvalue weighted by Gasteiger charge is 2.31. The van der Waals surface area contributed by atoms with Crippen LogP contribution < -0.4 is 4.90 Å². The van der Waals surface area contributed by atoms with Gasteiger partial charge in [0, 0.05) is 42.7 Å². The molecular weight excluding hydrogens is 400 g/mol. The maximum Gasteiger partial charge on any atom is 0.324 e. The standard InChI is InChI=1S/C23H23ClN4O2/c24-20-7-5-17(6-8-20)21-25-23(30-26-21)27-12-10-18(11-13-27)22(29)28-14-9-16-3-1-2-4-19(16)15-28/h1-8,18H,9-15H2. The fourth-order valence-electron chi connectivity index (χ4n) is 4.32. The number of anilines is 1. The quantitative estimate of drug-likeness (QED) is 0.633. The molecule has 3 heterocycles. The minimum absolute atomic E-state index is 0.0603. The Bertz CT molecular complexity index is 1040. The third-order valence-corrected chi connectivity index (χ3v) is 6.33. The van der Waals surface area contributed by atoms with Gasteiger partial charge in [-0.15, -0.1) is 0 Å². The van der Waals surface area contributed by atoms with Gasteiger partial charge in [0.15, 0.2) is 0 Å². The summed E-state index contributed by atoms with van der Waals surface area (Å²) >= 11 is 5.94. The molecule has 2 aromatic carbocycles. The van der Waals surface area contributed by atoms with Gasteiger partial charge in [0.2, 0.25) is 11.7 Å². The van der Waals surface area contributed by atoms with Gasteiger partial charge in [-0.3, -0.25) is 4.79 Å². The van der Waals surface area contributed by atoms with E-state index >= 15 is 0 Å². The first-order chi connectivity index (χ1) is 14.7. The number of piperidine rings is 1. The monoisotopic (exact) mass is 422 g/mol. The summed E-state index contributed by atoms with van der Waals surface area (Å²) in [5, 5.41) is 4.77. The number of halogens is 1. The van der Waals surface area contributed by atoms with Gasteiger partial charge in [-0.05, 0) is 54.7 Å². The number of carbonyl (C=O) groups is 1. The summed E-state index contributed by atoms with van der Waals surface area (Å²) in [7, 11) is 0. The summed E-state index contributed by atoms with van der Waals surface area (Å²) in [6.07, 6.45) is 2.54. The molecule has 0 atom stereocenters. The van der Waals surface area contributed by atoms with Crippen molar-refractivity contribution in [2.75, 3.05) is 24.5 Å². The van der Waals surface area contributed by atoms with Crippen molar-refractivity contribution in [2.45, 2.75) is 25.8 Å². The third kappa shape index (κ3) is 3.79. The van der Waals surface area contributed by atoms with Crippen molar-refractivity contribution >= 4 is 23.5 Å². The van der Waals surface area contributed by atoms with Crippen LogP contribution in [-0.4, -0.2) is 40.6 Å². The fraction of sp³-hybridized carbons (Fsp3) is 0.348. The fourth-order valence-corrected chi connectivity index (χ4v) is 4.45. The highest BCUT2D eigenvalue weighted by atomic mass is 35.5. The number of hydrogen-bond acceptors (Lipinski definition) is 5. The van der Waals surface area contributed by atoms with E-state index in [1.807, 2.05) is 35.2 Å². The topological polar surface area (TPSA) is 62.5 Å². The molecule has 6 nitrogen and oxygen atoms in total. The molecule has 0 radical (unpaired) electrons. The number of nitrogens with zero attached hydrogens (tertiary/aromatic N) is 4. The molecule has 3 aromatic rings. The summed E-state index contributed by atoms with van der Waals surface area (Å²) in [6, 6.07) is 16.3. The molecule has 0 aliphatic carbocycles. The van der Waals surface area contributed by atoms with Crippen molar-refractivity contribution < 1.29 is 9.32 Å². The van der Waals surface area contributed by atoms with Crippen LogP contribution >= 0.6 is 11.6 Å². The number of hydrogen-bond donors (Lipinski definition) is 0. The van der Waals surface area contributed by atoms with Crippen LogP contribution in [0.3, 0.4) is 0 Å². The van der Waals surface area contributed by atoms with E-state index in [4.69, 9.17) is 16.1 Å². The lowest BCUT2D eigenvalue weighted by atomic mass is 9.93. The average molecular weight is 423 g/mol. The van der Waals surface area contributed by atoms with Crippen LogP contribution in [0.1, 0.15) is 24.0 Å². The Kier molecular flexibility index (Phi) is 5.17. The van der Waals surface area contributed by atoms with Crippen LogP contribution in [0.15, 0.2) is 53.1 Å². The largest absolute Gasteiger partial charge is 0.338 e. The molecule has 2 aliphatic rings. The minimum atomic E-state index is 0.0603. The lowest BCUT2D eigenvalue weighted by Gasteiger charge is -2.35. The zero-order valence-corrected chi connectivity index (χ0v) is 17.4. The van der Waals surface area contributed by atoms with Gasteiger partial charge in [-0.2, -0.15) is 4.98 Å². The molecule has 0 saturated carbocycles. The van der Waals surface area contributed by atoms with Gasteiger partial charge in [0.1, 0.15) is 0 Å². The molecular formula is C23H23ClN4O2. The molecule has 0 bridgehead atoms. The Morgan fingerprint density at radius 1 is 1.00 bits per heavy atom. The summed E-state index contributed by atoms with van der Waals surface area (Å²) in [5.74, 6) is 0.883. The summed E-state index contributed by atoms with van der Waals surface area (Å²) in [6.45, 7) is 3.01. The Morgan fingerprint density at radius 3 is 2.50 bits per heavy atom. The number of benzene rings is 2. The summed E-state index contributed by atoms with van der Waals surface area (Å²) < 4.78 is 5.48. The molecule has 1 fully saturated rings. The maximum absolute atomic E-state index is 13.1. The maximum atomic E-state index is 13.1. The molecule has 154 valence electrons. The second kappa shape index (κ2) is 8.11. The Morgan fingerprint density at radius 2 is 1.73 bits per heavy atom. The highest BCUT2D eigenvalue weighted by molar-refractivity contribution is 6.30. The van der Waals surface area contributed by atoms with Crippen LogP contribution in [0.5, 0.6) is 0 Å².